The van der Waals surface area contributed by atoms with Crippen LogP contribution < -0.4 is 0 Å². The first-order chi connectivity index (χ1) is 54.5. The number of hydrogen-bond acceptors (Lipinski definition) is 25. The molecule has 0 aliphatic heterocycles. The molecule has 0 saturated carbocycles. The molecule has 1 unspecified atom stereocenters. The number of nitriles is 2. The van der Waals surface area contributed by atoms with Gasteiger partial charge in [-0.2, -0.15) is 10.5 Å². The van der Waals surface area contributed by atoms with Crippen LogP contribution in [0.1, 0.15) is 120 Å². The third kappa shape index (κ3) is 25.1. The molecule has 0 fully saturated rings. The van der Waals surface area contributed by atoms with Crippen molar-refractivity contribution >= 4 is 52.2 Å². The highest BCUT2D eigenvalue weighted by Gasteiger charge is 2.23. The predicted molar refractivity (Wildman–Crippen MR) is 433 cm³/mol. The molecule has 0 aliphatic carbocycles. The summed E-state index contributed by atoms with van der Waals surface area (Å²) >= 11 is 6.48. The van der Waals surface area contributed by atoms with Crippen molar-refractivity contribution in [3.05, 3.63) is 304 Å². The van der Waals surface area contributed by atoms with E-state index in [1.54, 1.807) is 71.3 Å². The summed E-state index contributed by atoms with van der Waals surface area (Å²) in [5.74, 6) is 3.32. The highest BCUT2D eigenvalue weighted by Crippen LogP contribution is 2.36. The van der Waals surface area contributed by atoms with Crippen molar-refractivity contribution in [2.45, 2.75) is 80.0 Å². The number of aliphatic hydroxyl groups is 1. The number of benzene rings is 7. The van der Waals surface area contributed by atoms with Gasteiger partial charge in [-0.15, -0.1) is 0 Å². The number of carbonyl (C=O) groups excluding carboxylic acids is 4. The molecule has 1 atom stereocenters. The van der Waals surface area contributed by atoms with Crippen LogP contribution in [-0.4, -0.2) is 105 Å². The van der Waals surface area contributed by atoms with E-state index in [2.05, 4.69) is 52.1 Å². The van der Waals surface area contributed by atoms with E-state index in [-0.39, 0.29) is 28.9 Å². The van der Waals surface area contributed by atoms with Crippen molar-refractivity contribution in [1.82, 2.24) is 45.8 Å². The summed E-state index contributed by atoms with van der Waals surface area (Å²) in [7, 11) is 3.73. The molecule has 7 heterocycles. The number of ketones is 3. The topological polar surface area (TPSA) is 354 Å². The third-order valence-corrected chi connectivity index (χ3v) is 16.4. The number of nitrogens with zero attached hydrogens (tertiary/aromatic N) is 12. The Balaban J connectivity index is 0.000000182. The van der Waals surface area contributed by atoms with Crippen molar-refractivity contribution in [1.29, 1.82) is 10.5 Å². The van der Waals surface area contributed by atoms with Crippen LogP contribution in [-0.2, 0) is 0 Å². The fourth-order valence-electron chi connectivity index (χ4n) is 10.4. The number of Topliss-reactive ketones (excluding diaryl/α,β-unsaturated/α-hetero) is 2. The van der Waals surface area contributed by atoms with Crippen LogP contribution in [0.5, 0.6) is 0 Å². The second-order valence-electron chi connectivity index (χ2n) is 24.4. The Labute approximate surface area is 662 Å². The molecule has 26 heteroatoms. The number of oxime groups is 1. The second-order valence-corrected chi connectivity index (χ2v) is 25.7. The van der Waals surface area contributed by atoms with E-state index in [0.29, 0.717) is 79.4 Å². The predicted octanol–water partition coefficient (Wildman–Crippen LogP) is 20.1. The first-order valence-electron chi connectivity index (χ1n) is 34.8. The zero-order chi connectivity index (χ0) is 81.8. The lowest BCUT2D eigenvalue weighted by atomic mass is 10.0. The van der Waals surface area contributed by atoms with Gasteiger partial charge in [-0.05, 0) is 74.6 Å². The molecule has 0 spiro atoms. The van der Waals surface area contributed by atoms with Gasteiger partial charge in [0.25, 0.3) is 0 Å². The molecule has 0 radical (unpaired) electrons. The van der Waals surface area contributed by atoms with Crippen LogP contribution in [0.3, 0.4) is 0 Å². The summed E-state index contributed by atoms with van der Waals surface area (Å²) in [4.78, 5) is 56.0. The number of halogens is 1. The van der Waals surface area contributed by atoms with E-state index in [1.807, 2.05) is 239 Å². The minimum atomic E-state index is -0.563. The van der Waals surface area contributed by atoms with E-state index in [0.717, 1.165) is 78.8 Å². The van der Waals surface area contributed by atoms with Crippen molar-refractivity contribution < 1.29 is 56.6 Å². The third-order valence-electron chi connectivity index (χ3n) is 15.8. The van der Waals surface area contributed by atoms with Crippen LogP contribution in [0.2, 0.25) is 0 Å². The Morgan fingerprint density at radius 1 is 0.531 bits per heavy atom. The van der Waals surface area contributed by atoms with Gasteiger partial charge in [0.05, 0.1) is 86.3 Å². The van der Waals surface area contributed by atoms with E-state index in [1.165, 1.54) is 31.7 Å². The molecular formula is C87H81ClN12O12S. The molecule has 7 aromatic carbocycles. The van der Waals surface area contributed by atoms with E-state index < -0.39 is 6.10 Å². The molecule has 14 aromatic rings. The van der Waals surface area contributed by atoms with Crippen LogP contribution in [0.15, 0.2) is 274 Å². The van der Waals surface area contributed by atoms with Gasteiger partial charge in [-0.3, -0.25) is 19.2 Å². The number of aldehydes is 1. The number of aliphatic hydroxyl groups excluding tert-OH is 1. The zero-order valence-corrected chi connectivity index (χ0v) is 65.6. The van der Waals surface area contributed by atoms with Crippen molar-refractivity contribution in [3.63, 3.8) is 0 Å². The molecule has 0 amide bonds. The van der Waals surface area contributed by atoms with Crippen LogP contribution in [0.25, 0.3) is 79.2 Å². The monoisotopic (exact) mass is 1550 g/mol. The van der Waals surface area contributed by atoms with Crippen LogP contribution in [0, 0.1) is 64.2 Å². The number of hydrogen-bond donors (Lipinski definition) is 2. The fourth-order valence-corrected chi connectivity index (χ4v) is 10.8. The number of allylic oxidation sites excluding steroid dienone is 1. The number of aryl methyl sites for hydroxylation is 6. The average Bonchev–Trinajstić information content (AvgIpc) is 1.66. The molecule has 0 saturated heterocycles. The molecule has 574 valence electrons. The molecule has 14 rings (SSSR count). The zero-order valence-electron chi connectivity index (χ0n) is 64.0. The Morgan fingerprint density at radius 2 is 0.912 bits per heavy atom. The Bertz CT molecular complexity index is 5480. The highest BCUT2D eigenvalue weighted by atomic mass is 35.5. The lowest BCUT2D eigenvalue weighted by molar-refractivity contribution is 0.0993. The van der Waals surface area contributed by atoms with Crippen LogP contribution >= 0.6 is 23.4 Å². The summed E-state index contributed by atoms with van der Waals surface area (Å²) in [5.41, 5.74) is 14.7. The van der Waals surface area contributed by atoms with E-state index in [4.69, 9.17) is 54.5 Å². The first kappa shape index (κ1) is 86.4. The maximum absolute atomic E-state index is 12.2. The first-order valence-corrected chi connectivity index (χ1v) is 36.4. The number of carbonyl (C=O) groups is 4. The number of rotatable bonds is 16. The summed E-state index contributed by atoms with van der Waals surface area (Å²) in [5, 5.41) is 61.0. The normalized spacial score (nSPS) is 10.6. The molecule has 24 nitrogen and oxygen atoms in total. The molecule has 0 aliphatic rings. The molecule has 2 N–H and O–H groups in total. The summed E-state index contributed by atoms with van der Waals surface area (Å²) in [6.07, 6.45) is 7.12. The van der Waals surface area contributed by atoms with Gasteiger partial charge in [0.15, 0.2) is 63.4 Å². The Hall–Kier alpha value is -13.9. The average molecular weight is 1550 g/mol. The number of aromatic nitrogens is 8. The molecule has 7 aromatic heterocycles. The quantitative estimate of drug-likeness (QED) is 0.0133. The van der Waals surface area contributed by atoms with E-state index in [9.17, 15) is 24.3 Å². The van der Waals surface area contributed by atoms with Gasteiger partial charge < -0.3 is 42.4 Å². The lowest BCUT2D eigenvalue weighted by Crippen LogP contribution is -2.04. The fraction of sp³-hybridized carbons (Fsp3) is 0.161. The van der Waals surface area contributed by atoms with E-state index >= 15 is 0 Å². The molecular weight excluding hydrogens is 1470 g/mol. The largest absolute Gasteiger partial charge is 0.410 e. The smallest absolute Gasteiger partial charge is 0.193 e. The van der Waals surface area contributed by atoms with Crippen molar-refractivity contribution in [2.75, 3.05) is 20.4 Å². The van der Waals surface area contributed by atoms with Gasteiger partial charge in [0, 0.05) is 71.5 Å². The van der Waals surface area contributed by atoms with Gasteiger partial charge >= 0.3 is 0 Å². The Morgan fingerprint density at radius 3 is 1.35 bits per heavy atom. The van der Waals surface area contributed by atoms with Crippen molar-refractivity contribution in [2.24, 2.45) is 5.16 Å². The molecule has 0 bridgehead atoms. The van der Waals surface area contributed by atoms with Gasteiger partial charge in [-0.1, -0.05) is 272 Å². The summed E-state index contributed by atoms with van der Waals surface area (Å²) in [6.45, 7) is 15.5. The van der Waals surface area contributed by atoms with Gasteiger partial charge in [-0.25, -0.2) is 9.97 Å². The maximum Gasteiger partial charge on any atom is 0.193 e. The Kier molecular flexibility index (Phi) is 34.1. The minimum absolute atomic E-state index is 0.0207. The second kappa shape index (κ2) is 44.6. The summed E-state index contributed by atoms with van der Waals surface area (Å²) < 4.78 is 31.4. The highest BCUT2D eigenvalue weighted by molar-refractivity contribution is 7.98. The summed E-state index contributed by atoms with van der Waals surface area (Å²) in [6, 6.07) is 72.2. The molecule has 113 heavy (non-hydrogen) atoms. The van der Waals surface area contributed by atoms with Gasteiger partial charge in [0.1, 0.15) is 16.8 Å². The standard InChI is InChI=1S/C15H13N3OS.C15H16N2O2.C12H13NO2.C12H11NO2.C11H8N2O.C11H9NO2.C9H7NO.C2H4ClNO/c1-10-13(12-8-9-16-15(17-12)20-2)14(19-18-10)11-6-4-3-5-7-11;1-11-14(13(18)9-10-17(2)3)15(19-16-11)12-7-5-4-6-8-12;2*1-8-11(9(2)14)12(15-13-8)10-6-4-3-5-7-10;1-8-10(7-12)11(14-13-8)9-5-3-2-4-6-9;1-8-10(7-13)11(14-12-8)9-5-3-2-4-6-9;10-7-6-9(11)8-4-2-1-3-5-8;1-2(3)4-5/h3-9H,1-2H3;4-10H,1-3H3;3-7,9,14H,1-2H3;3-7H,1-2H3;2-6H,1H3;2-7H,1H3;1-5H,6H2;5H,1H3/b;10-9+;;;;;;4-2+. The maximum atomic E-state index is 12.2. The minimum Gasteiger partial charge on any atom is -0.410 e. The number of thioether (sulfide) groups is 1. The SMILES string of the molecule is C/C(Cl)=N\O.CC(=O)c1c(C)noc1-c1ccccc1.CSc1nccc(-c2c(C)noc2-c2ccccc2)n1.Cc1noc(-c2ccccc2)c1C#N.Cc1noc(-c2ccccc2)c1C(=O)/C=C/N(C)C.Cc1noc(-c2ccccc2)c1C(C)O.Cc1noc(-c2ccccc2)c1C=O.N#CCC(=O)c1ccccc1. The van der Waals surface area contributed by atoms with Crippen molar-refractivity contribution in [3.8, 4) is 91.3 Å². The van der Waals surface area contributed by atoms with Gasteiger partial charge in [0.2, 0.25) is 0 Å². The van der Waals surface area contributed by atoms with Crippen LogP contribution in [0.4, 0.5) is 0 Å². The lowest BCUT2D eigenvalue weighted by Gasteiger charge is -2.04.